The molecule has 2 aromatic rings. The van der Waals surface area contributed by atoms with E-state index in [9.17, 15) is 14.7 Å². The molecule has 0 aliphatic carbocycles. The molecule has 0 saturated carbocycles. The summed E-state index contributed by atoms with van der Waals surface area (Å²) in [5.41, 5.74) is 1.11. The lowest BCUT2D eigenvalue weighted by Gasteiger charge is -2.39. The summed E-state index contributed by atoms with van der Waals surface area (Å²) in [4.78, 5) is 31.0. The van der Waals surface area contributed by atoms with Crippen molar-refractivity contribution in [3.8, 4) is 0 Å². The number of carboxylic acids is 1. The van der Waals surface area contributed by atoms with Crippen molar-refractivity contribution >= 4 is 34.4 Å². The van der Waals surface area contributed by atoms with Crippen LogP contribution in [-0.2, 0) is 4.79 Å². The Morgan fingerprint density at radius 3 is 2.80 bits per heavy atom. The van der Waals surface area contributed by atoms with Gasteiger partial charge in [-0.1, -0.05) is 24.6 Å². The lowest BCUT2D eigenvalue weighted by molar-refractivity contribution is -0.152. The van der Waals surface area contributed by atoms with Crippen molar-refractivity contribution in [2.75, 3.05) is 13.1 Å². The molecule has 25 heavy (non-hydrogen) atoms. The third kappa shape index (κ3) is 3.21. The van der Waals surface area contributed by atoms with E-state index >= 15 is 0 Å². The standard InChI is InChI=1S/C19H21ClN2O3/c1-3-19(18(24)25)7-4-8-22(11-19)17(23)15-9-12(2)21-16-10-13(20)5-6-14(15)16/h5-6,9-10H,3-4,7-8,11H2,1-2H3,(H,24,25)/t19-/m1/s1. The SMILES string of the molecule is CC[C@@]1(C(=O)O)CCCN(C(=O)c2cc(C)nc3cc(Cl)ccc23)C1. The molecule has 0 spiro atoms. The van der Waals surface area contributed by atoms with Gasteiger partial charge in [-0.2, -0.15) is 0 Å². The number of hydrogen-bond acceptors (Lipinski definition) is 3. The summed E-state index contributed by atoms with van der Waals surface area (Å²) in [7, 11) is 0. The van der Waals surface area contributed by atoms with Crippen LogP contribution in [0.3, 0.4) is 0 Å². The van der Waals surface area contributed by atoms with Gasteiger partial charge in [0.2, 0.25) is 0 Å². The molecule has 2 heterocycles. The Kier molecular flexibility index (Phi) is 4.69. The molecule has 1 fully saturated rings. The second kappa shape index (κ2) is 6.64. The number of aryl methyl sites for hydroxylation is 1. The van der Waals surface area contributed by atoms with E-state index in [0.29, 0.717) is 41.9 Å². The van der Waals surface area contributed by atoms with E-state index in [-0.39, 0.29) is 12.5 Å². The molecule has 132 valence electrons. The quantitative estimate of drug-likeness (QED) is 0.900. The molecule has 1 N–H and O–H groups in total. The third-order valence-electron chi connectivity index (χ3n) is 5.12. The Morgan fingerprint density at radius 1 is 1.36 bits per heavy atom. The van der Waals surface area contributed by atoms with Crippen molar-refractivity contribution in [2.45, 2.75) is 33.1 Å². The fraction of sp³-hybridized carbons (Fsp3) is 0.421. The van der Waals surface area contributed by atoms with Crippen molar-refractivity contribution in [1.82, 2.24) is 9.88 Å². The van der Waals surface area contributed by atoms with Gasteiger partial charge in [0.1, 0.15) is 0 Å². The summed E-state index contributed by atoms with van der Waals surface area (Å²) in [6.07, 6.45) is 1.81. The number of aromatic nitrogens is 1. The van der Waals surface area contributed by atoms with Gasteiger partial charge in [-0.3, -0.25) is 14.6 Å². The van der Waals surface area contributed by atoms with Crippen LogP contribution in [0.4, 0.5) is 0 Å². The first-order valence-corrected chi connectivity index (χ1v) is 8.84. The molecular formula is C19H21ClN2O3. The molecule has 0 bridgehead atoms. The van der Waals surface area contributed by atoms with Gasteiger partial charge in [-0.25, -0.2) is 0 Å². The lowest BCUT2D eigenvalue weighted by Crippen LogP contribution is -2.49. The minimum absolute atomic E-state index is 0.142. The van der Waals surface area contributed by atoms with E-state index in [1.165, 1.54) is 0 Å². The van der Waals surface area contributed by atoms with Crippen molar-refractivity contribution in [3.63, 3.8) is 0 Å². The van der Waals surface area contributed by atoms with E-state index in [0.717, 1.165) is 11.1 Å². The van der Waals surface area contributed by atoms with Gasteiger partial charge in [0, 0.05) is 29.2 Å². The number of amides is 1. The number of hydrogen-bond donors (Lipinski definition) is 1. The van der Waals surface area contributed by atoms with Crippen LogP contribution in [0.25, 0.3) is 10.9 Å². The van der Waals surface area contributed by atoms with Gasteiger partial charge in [0.25, 0.3) is 5.91 Å². The molecule has 1 aromatic carbocycles. The average Bonchev–Trinajstić information content (AvgIpc) is 2.59. The molecule has 1 aliphatic rings. The molecule has 3 rings (SSSR count). The number of halogens is 1. The number of pyridine rings is 1. The number of likely N-dealkylation sites (tertiary alicyclic amines) is 1. The van der Waals surface area contributed by atoms with Gasteiger partial charge >= 0.3 is 5.97 Å². The first-order valence-electron chi connectivity index (χ1n) is 8.46. The van der Waals surface area contributed by atoms with Crippen LogP contribution in [0.1, 0.15) is 42.2 Å². The molecule has 1 aromatic heterocycles. The number of carbonyl (C=O) groups excluding carboxylic acids is 1. The highest BCUT2D eigenvalue weighted by Crippen LogP contribution is 2.35. The van der Waals surface area contributed by atoms with Crippen LogP contribution in [-0.4, -0.2) is 40.0 Å². The maximum absolute atomic E-state index is 13.1. The van der Waals surface area contributed by atoms with E-state index < -0.39 is 11.4 Å². The van der Waals surface area contributed by atoms with Crippen LogP contribution in [0.15, 0.2) is 24.3 Å². The van der Waals surface area contributed by atoms with Gasteiger partial charge in [-0.15, -0.1) is 0 Å². The monoisotopic (exact) mass is 360 g/mol. The Balaban J connectivity index is 2.01. The second-order valence-corrected chi connectivity index (χ2v) is 7.18. The Hall–Kier alpha value is -2.14. The van der Waals surface area contributed by atoms with E-state index in [1.54, 1.807) is 29.2 Å². The van der Waals surface area contributed by atoms with Gasteiger partial charge < -0.3 is 10.0 Å². The summed E-state index contributed by atoms with van der Waals surface area (Å²) in [5.74, 6) is -0.966. The largest absolute Gasteiger partial charge is 0.481 e. The molecule has 0 unspecified atom stereocenters. The minimum Gasteiger partial charge on any atom is -0.481 e. The number of piperidine rings is 1. The van der Waals surface area contributed by atoms with Crippen LogP contribution >= 0.6 is 11.6 Å². The summed E-state index contributed by atoms with van der Waals surface area (Å²) in [6, 6.07) is 7.04. The predicted octanol–water partition coefficient (Wildman–Crippen LogP) is 3.91. The van der Waals surface area contributed by atoms with Gasteiger partial charge in [0.05, 0.1) is 16.5 Å². The number of carbonyl (C=O) groups is 2. The molecule has 1 amide bonds. The molecule has 0 radical (unpaired) electrons. The predicted molar refractivity (Wildman–Crippen MR) is 97.0 cm³/mol. The number of carboxylic acid groups (broad SMARTS) is 1. The van der Waals surface area contributed by atoms with Crippen molar-refractivity contribution < 1.29 is 14.7 Å². The molecule has 1 atom stereocenters. The topological polar surface area (TPSA) is 70.5 Å². The Morgan fingerprint density at radius 2 is 2.12 bits per heavy atom. The van der Waals surface area contributed by atoms with Crippen LogP contribution in [0.2, 0.25) is 5.02 Å². The Labute approximate surface area is 151 Å². The van der Waals surface area contributed by atoms with E-state index in [2.05, 4.69) is 4.98 Å². The Bertz CT molecular complexity index is 847. The van der Waals surface area contributed by atoms with Crippen LogP contribution in [0.5, 0.6) is 0 Å². The highest BCUT2D eigenvalue weighted by atomic mass is 35.5. The average molecular weight is 361 g/mol. The summed E-state index contributed by atoms with van der Waals surface area (Å²) < 4.78 is 0. The summed E-state index contributed by atoms with van der Waals surface area (Å²) in [6.45, 7) is 4.52. The molecule has 1 aliphatic heterocycles. The number of fused-ring (bicyclic) bond motifs is 1. The maximum Gasteiger partial charge on any atom is 0.311 e. The second-order valence-electron chi connectivity index (χ2n) is 6.74. The highest BCUT2D eigenvalue weighted by molar-refractivity contribution is 6.31. The molecule has 5 nitrogen and oxygen atoms in total. The van der Waals surface area contributed by atoms with Gasteiger partial charge in [-0.05, 0) is 44.4 Å². The zero-order valence-corrected chi connectivity index (χ0v) is 15.1. The number of rotatable bonds is 3. The van der Waals surface area contributed by atoms with E-state index in [4.69, 9.17) is 11.6 Å². The van der Waals surface area contributed by atoms with Crippen molar-refractivity contribution in [2.24, 2.45) is 5.41 Å². The zero-order valence-electron chi connectivity index (χ0n) is 14.4. The summed E-state index contributed by atoms with van der Waals surface area (Å²) >= 11 is 6.04. The first-order chi connectivity index (χ1) is 11.9. The minimum atomic E-state index is -0.852. The maximum atomic E-state index is 13.1. The normalized spacial score (nSPS) is 20.7. The molecular weight excluding hydrogens is 340 g/mol. The van der Waals surface area contributed by atoms with Gasteiger partial charge in [0.15, 0.2) is 0 Å². The van der Waals surface area contributed by atoms with Crippen molar-refractivity contribution in [3.05, 3.63) is 40.5 Å². The number of nitrogens with zero attached hydrogens (tertiary/aromatic N) is 2. The van der Waals surface area contributed by atoms with E-state index in [1.807, 2.05) is 13.8 Å². The smallest absolute Gasteiger partial charge is 0.311 e. The fourth-order valence-corrected chi connectivity index (χ4v) is 3.77. The lowest BCUT2D eigenvalue weighted by atomic mass is 9.77. The van der Waals surface area contributed by atoms with Crippen molar-refractivity contribution in [1.29, 1.82) is 0 Å². The number of aliphatic carboxylic acids is 1. The first kappa shape index (κ1) is 17.7. The zero-order chi connectivity index (χ0) is 18.2. The van der Waals surface area contributed by atoms with Crippen LogP contribution in [0, 0.1) is 12.3 Å². The summed E-state index contributed by atoms with van der Waals surface area (Å²) in [5, 5.41) is 10.9. The molecule has 6 heteroatoms. The molecule has 1 saturated heterocycles. The fourth-order valence-electron chi connectivity index (χ4n) is 3.60. The van der Waals surface area contributed by atoms with Crippen LogP contribution < -0.4 is 0 Å². The highest BCUT2D eigenvalue weighted by Gasteiger charge is 2.42. The number of benzene rings is 1. The third-order valence-corrected chi connectivity index (χ3v) is 5.36.